The third-order valence-electron chi connectivity index (χ3n) is 9.97. The van der Waals surface area contributed by atoms with E-state index in [4.69, 9.17) is 7.81 Å². The zero-order valence-corrected chi connectivity index (χ0v) is 36.3. The van der Waals surface area contributed by atoms with E-state index in [1.165, 1.54) is 24.3 Å². The monoisotopic (exact) mass is 808 g/mol. The highest BCUT2D eigenvalue weighted by atomic mass is 32.3. The molecule has 0 atom stereocenters. The first-order chi connectivity index (χ1) is 26.0. The second kappa shape index (κ2) is 14.8. The van der Waals surface area contributed by atoms with Gasteiger partial charge in [0.25, 0.3) is 0 Å². The molecule has 0 fully saturated rings. The molecule has 0 radical (unpaired) electrons. The summed E-state index contributed by atoms with van der Waals surface area (Å²) in [5.41, 5.74) is 3.80. The van der Waals surface area contributed by atoms with Crippen LogP contribution >= 0.6 is 10.3 Å². The van der Waals surface area contributed by atoms with Crippen molar-refractivity contribution in [3.63, 3.8) is 0 Å². The molecular formula is C47H52O6S3. The van der Waals surface area contributed by atoms with Crippen LogP contribution in [0.1, 0.15) is 84.6 Å². The first-order valence-corrected chi connectivity index (χ1v) is 23.0. The van der Waals surface area contributed by atoms with Crippen molar-refractivity contribution in [1.82, 2.24) is 0 Å². The summed E-state index contributed by atoms with van der Waals surface area (Å²) in [5, 5.41) is 0.582. The molecule has 6 rings (SSSR count). The molecule has 0 saturated carbocycles. The van der Waals surface area contributed by atoms with E-state index in [9.17, 15) is 8.42 Å². The average Bonchev–Trinajstić information content (AvgIpc) is 3.13. The SMILES string of the molecule is Cc1ccc(S(=O)(=O)Oc2ccc(S(=O)(=O)OS(c3ccc(C(C)(C)C)cc3)(c3ccc(C(C)(C)C)cc3)c3ccc(C(C)(C)C)cc3)c3ccccc23)cc1. The number of aryl methyl sites for hydroxylation is 1. The molecule has 6 nitrogen and oxygen atoms in total. The van der Waals surface area contributed by atoms with Crippen LogP contribution in [0, 0.1) is 6.92 Å². The molecule has 0 aliphatic carbocycles. The van der Waals surface area contributed by atoms with Crippen molar-refractivity contribution in [3.8, 4) is 5.75 Å². The third kappa shape index (κ3) is 8.33. The lowest BCUT2D eigenvalue weighted by Gasteiger charge is -2.40. The summed E-state index contributed by atoms with van der Waals surface area (Å²) in [6, 6.07) is 40.1. The molecule has 0 amide bonds. The summed E-state index contributed by atoms with van der Waals surface area (Å²) >= 11 is 0. The Bertz CT molecular complexity index is 2430. The first-order valence-electron chi connectivity index (χ1n) is 18.7. The molecule has 9 heteroatoms. The Morgan fingerprint density at radius 2 is 0.786 bits per heavy atom. The molecule has 0 saturated heterocycles. The quantitative estimate of drug-likeness (QED) is 0.135. The zero-order chi connectivity index (χ0) is 40.9. The molecule has 0 heterocycles. The third-order valence-corrected chi connectivity index (χ3v) is 16.5. The average molecular weight is 809 g/mol. The van der Waals surface area contributed by atoms with E-state index in [-0.39, 0.29) is 37.2 Å². The van der Waals surface area contributed by atoms with E-state index in [1.807, 2.05) is 43.3 Å². The van der Waals surface area contributed by atoms with E-state index in [0.29, 0.717) is 5.39 Å². The smallest absolute Gasteiger partial charge is 0.339 e. The molecule has 294 valence electrons. The van der Waals surface area contributed by atoms with Crippen LogP contribution < -0.4 is 4.18 Å². The van der Waals surface area contributed by atoms with Crippen molar-refractivity contribution in [1.29, 1.82) is 0 Å². The number of fused-ring (bicyclic) bond motifs is 1. The minimum absolute atomic E-state index is 0.00645. The van der Waals surface area contributed by atoms with E-state index in [1.54, 1.807) is 36.4 Å². The number of hydrogen-bond acceptors (Lipinski definition) is 6. The molecule has 56 heavy (non-hydrogen) atoms. The van der Waals surface area contributed by atoms with Gasteiger partial charge in [0.1, 0.15) is 9.79 Å². The summed E-state index contributed by atoms with van der Waals surface area (Å²) in [6.07, 6.45) is 0. The summed E-state index contributed by atoms with van der Waals surface area (Å²) in [5.74, 6) is 0.00652. The Morgan fingerprint density at radius 3 is 1.18 bits per heavy atom. The highest BCUT2D eigenvalue weighted by Crippen LogP contribution is 2.70. The molecule has 0 spiro atoms. The molecule has 0 N–H and O–H groups in total. The predicted octanol–water partition coefficient (Wildman–Crippen LogP) is 12.4. The van der Waals surface area contributed by atoms with Crippen molar-refractivity contribution < 1.29 is 24.6 Å². The number of rotatable bonds is 9. The van der Waals surface area contributed by atoms with Crippen molar-refractivity contribution in [2.24, 2.45) is 0 Å². The Kier molecular flexibility index (Phi) is 10.9. The maximum atomic E-state index is 15.1. The Morgan fingerprint density at radius 1 is 0.411 bits per heavy atom. The lowest BCUT2D eigenvalue weighted by atomic mass is 9.87. The minimum Gasteiger partial charge on any atom is -0.378 e. The van der Waals surface area contributed by atoms with Gasteiger partial charge in [-0.3, -0.25) is 0 Å². The number of hydrogen-bond donors (Lipinski definition) is 0. The maximum absolute atomic E-state index is 15.1. The van der Waals surface area contributed by atoms with Gasteiger partial charge in [-0.25, -0.2) is 3.63 Å². The maximum Gasteiger partial charge on any atom is 0.339 e. The molecule has 0 aliphatic rings. The highest BCUT2D eigenvalue weighted by molar-refractivity contribution is 8.33. The predicted molar refractivity (Wildman–Crippen MR) is 229 cm³/mol. The van der Waals surface area contributed by atoms with Gasteiger partial charge in [-0.15, -0.1) is 0 Å². The van der Waals surface area contributed by atoms with Gasteiger partial charge < -0.3 is 4.18 Å². The van der Waals surface area contributed by atoms with E-state index >= 15 is 8.42 Å². The minimum atomic E-state index is -4.59. The normalized spacial score (nSPS) is 13.5. The van der Waals surface area contributed by atoms with Gasteiger partial charge >= 0.3 is 20.2 Å². The van der Waals surface area contributed by atoms with Crippen LogP contribution in [0.4, 0.5) is 0 Å². The van der Waals surface area contributed by atoms with Crippen LogP contribution in [-0.2, 0) is 40.1 Å². The van der Waals surface area contributed by atoms with E-state index < -0.39 is 30.5 Å². The molecule has 0 bridgehead atoms. The van der Waals surface area contributed by atoms with Crippen molar-refractivity contribution >= 4 is 41.3 Å². The molecular weight excluding hydrogens is 757 g/mol. The zero-order valence-electron chi connectivity index (χ0n) is 33.9. The standard InChI is InChI=1S/C47H52O6S3/c1-33-15-23-40(24-16-33)55(48,49)52-43-31-32-44(42-14-12-11-13-41(42)43)56(50,51)53-54(37-25-17-34(18-26-37)45(2,3)4,38-27-19-35(20-28-38)46(5,6)7)39-29-21-36(22-30-39)47(8,9)10/h11-32H,1-10H3. The molecule has 0 aromatic heterocycles. The van der Waals surface area contributed by atoms with Crippen LogP contribution in [-0.4, -0.2) is 16.8 Å². The van der Waals surface area contributed by atoms with Crippen LogP contribution in [0.3, 0.4) is 0 Å². The van der Waals surface area contributed by atoms with Gasteiger partial charge in [0.05, 0.1) is 0 Å². The second-order valence-electron chi connectivity index (χ2n) is 17.4. The van der Waals surface area contributed by atoms with Crippen molar-refractivity contribution in [2.75, 3.05) is 0 Å². The Labute approximate surface area is 335 Å². The van der Waals surface area contributed by atoms with Crippen LogP contribution in [0.25, 0.3) is 10.8 Å². The lowest BCUT2D eigenvalue weighted by molar-refractivity contribution is 0.488. The molecule has 6 aromatic rings. The van der Waals surface area contributed by atoms with Crippen LogP contribution in [0.5, 0.6) is 5.75 Å². The number of benzene rings is 6. The summed E-state index contributed by atoms with van der Waals surface area (Å²) in [4.78, 5) is 2.04. The fourth-order valence-corrected chi connectivity index (χ4v) is 12.9. The summed E-state index contributed by atoms with van der Waals surface area (Å²) < 4.78 is 69.6. The molecule has 0 unspecified atom stereocenters. The summed E-state index contributed by atoms with van der Waals surface area (Å²) in [6.45, 7) is 21.2. The van der Waals surface area contributed by atoms with E-state index in [2.05, 4.69) is 98.7 Å². The van der Waals surface area contributed by atoms with Crippen molar-refractivity contribution in [3.05, 3.63) is 156 Å². The van der Waals surface area contributed by atoms with Gasteiger partial charge in [-0.05, 0) is 111 Å². The Hall–Kier alpha value is -4.41. The fourth-order valence-electron chi connectivity index (χ4n) is 6.54. The van der Waals surface area contributed by atoms with Gasteiger partial charge in [-0.1, -0.05) is 141 Å². The fraction of sp³-hybridized carbons (Fsp3) is 0.277. The van der Waals surface area contributed by atoms with Gasteiger partial charge in [0.2, 0.25) is 0 Å². The summed E-state index contributed by atoms with van der Waals surface area (Å²) in [7, 11) is -11.8. The van der Waals surface area contributed by atoms with Gasteiger partial charge in [0.15, 0.2) is 5.75 Å². The van der Waals surface area contributed by atoms with Crippen LogP contribution in [0.15, 0.2) is 158 Å². The first kappa shape index (κ1) is 41.2. The topological polar surface area (TPSA) is 86.7 Å². The van der Waals surface area contributed by atoms with Gasteiger partial charge in [-0.2, -0.15) is 16.8 Å². The largest absolute Gasteiger partial charge is 0.378 e. The molecule has 0 aliphatic heterocycles. The van der Waals surface area contributed by atoms with E-state index in [0.717, 1.165) is 36.9 Å². The highest BCUT2D eigenvalue weighted by Gasteiger charge is 2.40. The van der Waals surface area contributed by atoms with Gasteiger partial charge in [0, 0.05) is 25.5 Å². The van der Waals surface area contributed by atoms with Crippen LogP contribution in [0.2, 0.25) is 0 Å². The lowest BCUT2D eigenvalue weighted by Crippen LogP contribution is -2.17. The van der Waals surface area contributed by atoms with Crippen molar-refractivity contribution in [2.45, 2.75) is 110 Å². The molecule has 6 aromatic carbocycles. The second-order valence-corrected chi connectivity index (χ2v) is 23.3. The Balaban J connectivity index is 1.58.